The number of para-hydroxylation sites is 1. The maximum atomic E-state index is 12.6. The average molecular weight is 406 g/mol. The minimum Gasteiger partial charge on any atom is -0.496 e. The molecule has 1 atom stereocenters. The minimum atomic E-state index is -0.387. The molecule has 7 heteroatoms. The molecule has 2 rings (SSSR count). The first kappa shape index (κ1) is 22.0. The van der Waals surface area contributed by atoms with E-state index in [1.54, 1.807) is 37.4 Å². The van der Waals surface area contributed by atoms with Crippen molar-refractivity contribution in [2.45, 2.75) is 32.4 Å². The van der Waals surface area contributed by atoms with Gasteiger partial charge in [0.25, 0.3) is 0 Å². The van der Waals surface area contributed by atoms with Crippen molar-refractivity contribution in [3.05, 3.63) is 53.2 Å². The van der Waals surface area contributed by atoms with E-state index in [1.807, 2.05) is 38.1 Å². The molecular formula is C21H28ClN3O3. The predicted octanol–water partition coefficient (Wildman–Crippen LogP) is 3.54. The van der Waals surface area contributed by atoms with Crippen LogP contribution in [0.1, 0.15) is 25.8 Å². The van der Waals surface area contributed by atoms with Crippen molar-refractivity contribution in [1.29, 1.82) is 0 Å². The molecule has 1 aromatic carbocycles. The maximum Gasteiger partial charge on any atom is 0.236 e. The number of nitrogens with zero attached hydrogens (tertiary/aromatic N) is 2. The SMILES string of the molecule is CCC(C)(COc1ncccc1Cl)NCC(=O)N(C)Cc1ccccc1OC. The maximum absolute atomic E-state index is 12.6. The first-order valence-corrected chi connectivity index (χ1v) is 9.60. The van der Waals surface area contributed by atoms with Gasteiger partial charge in [0, 0.05) is 30.9 Å². The second-order valence-electron chi connectivity index (χ2n) is 6.91. The van der Waals surface area contributed by atoms with Gasteiger partial charge in [-0.05, 0) is 31.5 Å². The Labute approximate surface area is 171 Å². The number of ether oxygens (including phenoxy) is 2. The number of nitrogens with one attached hydrogen (secondary N) is 1. The predicted molar refractivity (Wildman–Crippen MR) is 111 cm³/mol. The number of amides is 1. The van der Waals surface area contributed by atoms with E-state index in [9.17, 15) is 4.79 Å². The largest absolute Gasteiger partial charge is 0.496 e. The number of carbonyl (C=O) groups excluding carboxylic acids is 1. The van der Waals surface area contributed by atoms with Gasteiger partial charge in [0.15, 0.2) is 0 Å². The molecule has 2 aromatic rings. The lowest BCUT2D eigenvalue weighted by molar-refractivity contribution is -0.129. The first-order valence-electron chi connectivity index (χ1n) is 9.22. The topological polar surface area (TPSA) is 63.7 Å². The third-order valence-corrected chi connectivity index (χ3v) is 5.01. The van der Waals surface area contributed by atoms with Crippen molar-refractivity contribution in [2.75, 3.05) is 27.3 Å². The summed E-state index contributed by atoms with van der Waals surface area (Å²) in [6.45, 7) is 5.09. The molecule has 1 aromatic heterocycles. The number of likely N-dealkylation sites (N-methyl/N-ethyl adjacent to an activating group) is 1. The zero-order valence-electron chi connectivity index (χ0n) is 16.9. The van der Waals surface area contributed by atoms with Crippen LogP contribution in [0.3, 0.4) is 0 Å². The van der Waals surface area contributed by atoms with Crippen molar-refractivity contribution in [2.24, 2.45) is 0 Å². The lowest BCUT2D eigenvalue weighted by atomic mass is 10.0. The number of hydrogen-bond donors (Lipinski definition) is 1. The molecule has 1 unspecified atom stereocenters. The summed E-state index contributed by atoms with van der Waals surface area (Å²) in [6, 6.07) is 11.2. The van der Waals surface area contributed by atoms with E-state index >= 15 is 0 Å². The van der Waals surface area contributed by atoms with Gasteiger partial charge in [-0.15, -0.1) is 0 Å². The highest BCUT2D eigenvalue weighted by Crippen LogP contribution is 2.22. The van der Waals surface area contributed by atoms with Crippen LogP contribution < -0.4 is 14.8 Å². The number of carbonyl (C=O) groups is 1. The second-order valence-corrected chi connectivity index (χ2v) is 7.32. The summed E-state index contributed by atoms with van der Waals surface area (Å²) in [4.78, 5) is 18.4. The molecule has 1 heterocycles. The molecule has 1 amide bonds. The summed E-state index contributed by atoms with van der Waals surface area (Å²) >= 11 is 6.09. The van der Waals surface area contributed by atoms with Gasteiger partial charge in [0.1, 0.15) is 17.4 Å². The summed E-state index contributed by atoms with van der Waals surface area (Å²) in [7, 11) is 3.41. The first-order chi connectivity index (χ1) is 13.4. The standard InChI is InChI=1S/C21H28ClN3O3/c1-5-21(2,15-28-20-17(22)10-8-12-23-20)24-13-19(26)25(3)14-16-9-6-7-11-18(16)27-4/h6-12,24H,5,13-15H2,1-4H3. The van der Waals surface area contributed by atoms with Crippen molar-refractivity contribution >= 4 is 17.5 Å². The van der Waals surface area contributed by atoms with Gasteiger partial charge < -0.3 is 14.4 Å². The van der Waals surface area contributed by atoms with Crippen LogP contribution in [0.15, 0.2) is 42.6 Å². The molecule has 0 aliphatic heterocycles. The average Bonchev–Trinajstić information content (AvgIpc) is 2.71. The van der Waals surface area contributed by atoms with Gasteiger partial charge in [0.2, 0.25) is 11.8 Å². The highest BCUT2D eigenvalue weighted by Gasteiger charge is 2.25. The molecule has 0 saturated heterocycles. The van der Waals surface area contributed by atoms with E-state index in [-0.39, 0.29) is 18.0 Å². The lowest BCUT2D eigenvalue weighted by Crippen LogP contribution is -2.50. The zero-order chi connectivity index (χ0) is 20.6. The third-order valence-electron chi connectivity index (χ3n) is 4.72. The second kappa shape index (κ2) is 10.3. The summed E-state index contributed by atoms with van der Waals surface area (Å²) in [6.07, 6.45) is 2.41. The van der Waals surface area contributed by atoms with E-state index in [0.717, 1.165) is 17.7 Å². The number of pyridine rings is 1. The van der Waals surface area contributed by atoms with Crippen LogP contribution in [0, 0.1) is 0 Å². The number of aromatic nitrogens is 1. The molecule has 0 aliphatic carbocycles. The van der Waals surface area contributed by atoms with Crippen LogP contribution in [0.4, 0.5) is 0 Å². The Morgan fingerprint density at radius 3 is 2.71 bits per heavy atom. The van der Waals surface area contributed by atoms with Crippen LogP contribution in [0.2, 0.25) is 5.02 Å². The number of rotatable bonds is 10. The van der Waals surface area contributed by atoms with E-state index in [1.165, 1.54) is 0 Å². The Balaban J connectivity index is 1.90. The van der Waals surface area contributed by atoms with Crippen LogP contribution in [-0.4, -0.2) is 48.6 Å². The van der Waals surface area contributed by atoms with E-state index < -0.39 is 0 Å². The molecule has 0 radical (unpaired) electrons. The molecule has 0 aliphatic rings. The molecule has 28 heavy (non-hydrogen) atoms. The molecule has 6 nitrogen and oxygen atoms in total. The van der Waals surface area contributed by atoms with Gasteiger partial charge in [0.05, 0.1) is 13.7 Å². The van der Waals surface area contributed by atoms with Gasteiger partial charge >= 0.3 is 0 Å². The van der Waals surface area contributed by atoms with Crippen LogP contribution in [0.25, 0.3) is 0 Å². The number of halogens is 1. The molecule has 152 valence electrons. The van der Waals surface area contributed by atoms with Crippen molar-refractivity contribution in [1.82, 2.24) is 15.2 Å². The van der Waals surface area contributed by atoms with Crippen LogP contribution >= 0.6 is 11.6 Å². The van der Waals surface area contributed by atoms with Gasteiger partial charge in [-0.2, -0.15) is 0 Å². The van der Waals surface area contributed by atoms with E-state index in [0.29, 0.717) is 24.1 Å². The fraction of sp³-hybridized carbons (Fsp3) is 0.429. The highest BCUT2D eigenvalue weighted by molar-refractivity contribution is 6.31. The Kier molecular flexibility index (Phi) is 8.08. The summed E-state index contributed by atoms with van der Waals surface area (Å²) in [5.41, 5.74) is 0.578. The molecular weight excluding hydrogens is 378 g/mol. The fourth-order valence-electron chi connectivity index (χ4n) is 2.58. The van der Waals surface area contributed by atoms with Crippen molar-refractivity contribution < 1.29 is 14.3 Å². The van der Waals surface area contributed by atoms with Gasteiger partial charge in [-0.3, -0.25) is 10.1 Å². The number of benzene rings is 1. The Hall–Kier alpha value is -2.31. The summed E-state index contributed by atoms with van der Waals surface area (Å²) in [5.74, 6) is 1.15. The Morgan fingerprint density at radius 2 is 2.04 bits per heavy atom. The Morgan fingerprint density at radius 1 is 1.29 bits per heavy atom. The molecule has 0 spiro atoms. The fourth-order valence-corrected chi connectivity index (χ4v) is 2.76. The Bertz CT molecular complexity index is 787. The zero-order valence-corrected chi connectivity index (χ0v) is 17.6. The molecule has 0 fully saturated rings. The van der Waals surface area contributed by atoms with Gasteiger partial charge in [-0.25, -0.2) is 4.98 Å². The van der Waals surface area contributed by atoms with Crippen LogP contribution in [0.5, 0.6) is 11.6 Å². The quantitative estimate of drug-likeness (QED) is 0.655. The van der Waals surface area contributed by atoms with Crippen molar-refractivity contribution in [3.63, 3.8) is 0 Å². The number of hydrogen-bond acceptors (Lipinski definition) is 5. The summed E-state index contributed by atoms with van der Waals surface area (Å²) < 4.78 is 11.1. The smallest absolute Gasteiger partial charge is 0.236 e. The monoisotopic (exact) mass is 405 g/mol. The van der Waals surface area contributed by atoms with Crippen LogP contribution in [-0.2, 0) is 11.3 Å². The lowest BCUT2D eigenvalue weighted by Gasteiger charge is -2.30. The van der Waals surface area contributed by atoms with E-state index in [2.05, 4.69) is 10.3 Å². The summed E-state index contributed by atoms with van der Waals surface area (Å²) in [5, 5.41) is 3.78. The third kappa shape index (κ3) is 6.11. The highest BCUT2D eigenvalue weighted by atomic mass is 35.5. The van der Waals surface area contributed by atoms with Gasteiger partial charge in [-0.1, -0.05) is 36.7 Å². The molecule has 0 bridgehead atoms. The molecule has 1 N–H and O–H groups in total. The van der Waals surface area contributed by atoms with Crippen molar-refractivity contribution in [3.8, 4) is 11.6 Å². The molecule has 0 saturated carbocycles. The minimum absolute atomic E-state index is 0.0125. The van der Waals surface area contributed by atoms with E-state index in [4.69, 9.17) is 21.1 Å². The number of methoxy groups -OCH3 is 1. The normalized spacial score (nSPS) is 12.9.